The summed E-state index contributed by atoms with van der Waals surface area (Å²) in [6, 6.07) is 13.6. The number of furan rings is 1. The first-order valence-corrected chi connectivity index (χ1v) is 10.5. The van der Waals surface area contributed by atoms with Crippen LogP contribution >= 0.6 is 35.4 Å². The average molecular weight is 463 g/mol. The number of phenolic OH excluding ortho intramolecular Hbond substituents is 1. The molecule has 0 aliphatic rings. The number of benzene rings is 2. The maximum atomic E-state index is 12.5. The first kappa shape index (κ1) is 22.2. The molecule has 0 saturated carbocycles. The van der Waals surface area contributed by atoms with Gasteiger partial charge in [0.2, 0.25) is 0 Å². The average Bonchev–Trinajstić information content (AvgIpc) is 3.21. The summed E-state index contributed by atoms with van der Waals surface area (Å²) in [6.07, 6.45) is 0.961. The zero-order valence-electron chi connectivity index (χ0n) is 16.3. The van der Waals surface area contributed by atoms with Crippen LogP contribution < -0.4 is 10.6 Å². The van der Waals surface area contributed by atoms with Crippen molar-refractivity contribution in [3.63, 3.8) is 0 Å². The molecule has 0 aliphatic carbocycles. The number of aromatic hydroxyl groups is 1. The van der Waals surface area contributed by atoms with Gasteiger partial charge in [-0.3, -0.25) is 10.1 Å². The van der Waals surface area contributed by atoms with E-state index >= 15 is 0 Å². The van der Waals surface area contributed by atoms with Crippen LogP contribution in [0.1, 0.15) is 42.3 Å². The third-order valence-electron chi connectivity index (χ3n) is 4.72. The summed E-state index contributed by atoms with van der Waals surface area (Å²) in [5, 5.41) is 16.3. The van der Waals surface area contributed by atoms with Gasteiger partial charge in [0.1, 0.15) is 11.5 Å². The van der Waals surface area contributed by atoms with E-state index in [1.54, 1.807) is 30.3 Å². The Kier molecular flexibility index (Phi) is 7.02. The fraction of sp³-hybridized carbons (Fsp3) is 0.182. The second kappa shape index (κ2) is 9.51. The lowest BCUT2D eigenvalue weighted by molar-refractivity contribution is 0.0951. The van der Waals surface area contributed by atoms with Gasteiger partial charge in [-0.15, -0.1) is 0 Å². The summed E-state index contributed by atoms with van der Waals surface area (Å²) in [5.74, 6) is 0.298. The highest BCUT2D eigenvalue weighted by atomic mass is 35.5. The number of nitrogens with one attached hydrogen (secondary N) is 2. The Morgan fingerprint density at radius 1 is 1.20 bits per heavy atom. The minimum Gasteiger partial charge on any atom is -0.506 e. The van der Waals surface area contributed by atoms with Gasteiger partial charge >= 0.3 is 0 Å². The van der Waals surface area contributed by atoms with Crippen LogP contribution in [0.4, 0.5) is 5.69 Å². The van der Waals surface area contributed by atoms with Gasteiger partial charge in [-0.2, -0.15) is 0 Å². The lowest BCUT2D eigenvalue weighted by Crippen LogP contribution is -2.33. The predicted molar refractivity (Wildman–Crippen MR) is 125 cm³/mol. The molecule has 1 unspecified atom stereocenters. The molecule has 3 aromatic rings. The summed E-state index contributed by atoms with van der Waals surface area (Å²) in [5.41, 5.74) is 2.06. The molecular weight excluding hydrogens is 443 g/mol. The molecule has 8 heteroatoms. The van der Waals surface area contributed by atoms with Crippen molar-refractivity contribution in [2.75, 3.05) is 5.32 Å². The molecule has 0 bridgehead atoms. The second-order valence-electron chi connectivity index (χ2n) is 6.76. The van der Waals surface area contributed by atoms with Crippen molar-refractivity contribution in [2.24, 2.45) is 0 Å². The van der Waals surface area contributed by atoms with E-state index in [0.29, 0.717) is 33.0 Å². The van der Waals surface area contributed by atoms with Crippen LogP contribution in [-0.4, -0.2) is 16.1 Å². The molecule has 2 aromatic carbocycles. The predicted octanol–water partition coefficient (Wildman–Crippen LogP) is 6.60. The van der Waals surface area contributed by atoms with E-state index in [-0.39, 0.29) is 16.6 Å². The molecule has 5 nitrogen and oxygen atoms in total. The first-order valence-electron chi connectivity index (χ1n) is 9.29. The molecule has 156 valence electrons. The third-order valence-corrected chi connectivity index (χ3v) is 5.75. The molecule has 0 saturated heterocycles. The highest BCUT2D eigenvalue weighted by Gasteiger charge is 2.17. The van der Waals surface area contributed by atoms with Gasteiger partial charge in [-0.05, 0) is 66.5 Å². The standard InChI is InChI=1S/C22H20Cl2N2O3S/c1-3-12(2)13-7-8-17(27)16(11-13)25-22(30)26-21(28)19-10-9-18(29-19)14-5-4-6-15(23)20(14)24/h4-12,27H,3H2,1-2H3,(H2,25,26,28,30). The minimum atomic E-state index is -0.533. The van der Waals surface area contributed by atoms with Crippen molar-refractivity contribution >= 4 is 52.1 Å². The van der Waals surface area contributed by atoms with Gasteiger partial charge in [-0.1, -0.05) is 49.2 Å². The largest absolute Gasteiger partial charge is 0.506 e. The molecule has 1 atom stereocenters. The number of amides is 1. The molecule has 0 spiro atoms. The zero-order chi connectivity index (χ0) is 21.8. The van der Waals surface area contributed by atoms with E-state index < -0.39 is 5.91 Å². The lowest BCUT2D eigenvalue weighted by Gasteiger charge is -2.14. The normalized spacial score (nSPS) is 11.7. The number of rotatable bonds is 5. The molecule has 30 heavy (non-hydrogen) atoms. The molecule has 3 N–H and O–H groups in total. The number of phenols is 1. The number of carbonyl (C=O) groups is 1. The van der Waals surface area contributed by atoms with Crippen LogP contribution in [0.3, 0.4) is 0 Å². The third kappa shape index (κ3) is 4.95. The Hall–Kier alpha value is -2.54. The van der Waals surface area contributed by atoms with E-state index in [0.717, 1.165) is 12.0 Å². The van der Waals surface area contributed by atoms with Crippen LogP contribution in [-0.2, 0) is 0 Å². The Morgan fingerprint density at radius 2 is 1.97 bits per heavy atom. The number of carbonyl (C=O) groups excluding carboxylic acids is 1. The van der Waals surface area contributed by atoms with Gasteiger partial charge in [-0.25, -0.2) is 0 Å². The monoisotopic (exact) mass is 462 g/mol. The summed E-state index contributed by atoms with van der Waals surface area (Å²) in [6.45, 7) is 4.18. The summed E-state index contributed by atoms with van der Waals surface area (Å²) in [4.78, 5) is 12.5. The number of hydrogen-bond acceptors (Lipinski definition) is 4. The molecule has 1 aromatic heterocycles. The van der Waals surface area contributed by atoms with Crippen LogP contribution in [0.15, 0.2) is 52.9 Å². The molecule has 0 fully saturated rings. The fourth-order valence-electron chi connectivity index (χ4n) is 2.81. The van der Waals surface area contributed by atoms with E-state index in [1.807, 2.05) is 12.1 Å². The van der Waals surface area contributed by atoms with Gasteiger partial charge in [0.05, 0.1) is 15.7 Å². The molecule has 1 amide bonds. The molecular formula is C22H20Cl2N2O3S. The van der Waals surface area contributed by atoms with Crippen LogP contribution in [0, 0.1) is 0 Å². The number of hydrogen-bond donors (Lipinski definition) is 3. The first-order chi connectivity index (χ1) is 14.3. The Bertz CT molecular complexity index is 1100. The van der Waals surface area contributed by atoms with Crippen molar-refractivity contribution in [1.29, 1.82) is 0 Å². The van der Waals surface area contributed by atoms with E-state index in [9.17, 15) is 9.90 Å². The van der Waals surface area contributed by atoms with Gasteiger partial charge < -0.3 is 14.8 Å². The lowest BCUT2D eigenvalue weighted by atomic mass is 9.98. The molecule has 3 rings (SSSR count). The highest BCUT2D eigenvalue weighted by Crippen LogP contribution is 2.34. The summed E-state index contributed by atoms with van der Waals surface area (Å²) in [7, 11) is 0. The van der Waals surface area contributed by atoms with Crippen molar-refractivity contribution < 1.29 is 14.3 Å². The highest BCUT2D eigenvalue weighted by molar-refractivity contribution is 7.80. The maximum absolute atomic E-state index is 12.5. The van der Waals surface area contributed by atoms with E-state index in [2.05, 4.69) is 24.5 Å². The molecule has 0 radical (unpaired) electrons. The second-order valence-corrected chi connectivity index (χ2v) is 7.95. The topological polar surface area (TPSA) is 74.5 Å². The Morgan fingerprint density at radius 3 is 2.70 bits per heavy atom. The van der Waals surface area contributed by atoms with Gasteiger partial charge in [0.15, 0.2) is 10.9 Å². The van der Waals surface area contributed by atoms with Crippen LogP contribution in [0.25, 0.3) is 11.3 Å². The number of thiocarbonyl (C=S) groups is 1. The van der Waals surface area contributed by atoms with Crippen molar-refractivity contribution in [3.05, 3.63) is 69.9 Å². The molecule has 1 heterocycles. The van der Waals surface area contributed by atoms with Crippen molar-refractivity contribution in [3.8, 4) is 17.1 Å². The summed E-state index contributed by atoms with van der Waals surface area (Å²) >= 11 is 17.5. The van der Waals surface area contributed by atoms with Crippen molar-refractivity contribution in [2.45, 2.75) is 26.2 Å². The smallest absolute Gasteiger partial charge is 0.293 e. The minimum absolute atomic E-state index is 0.0366. The van der Waals surface area contributed by atoms with Crippen molar-refractivity contribution in [1.82, 2.24) is 5.32 Å². The van der Waals surface area contributed by atoms with Gasteiger partial charge in [0.25, 0.3) is 5.91 Å². The number of halogens is 2. The van der Waals surface area contributed by atoms with Crippen LogP contribution in [0.5, 0.6) is 5.75 Å². The maximum Gasteiger partial charge on any atom is 0.293 e. The Balaban J connectivity index is 1.71. The molecule has 0 aliphatic heterocycles. The zero-order valence-corrected chi connectivity index (χ0v) is 18.7. The quantitative estimate of drug-likeness (QED) is 0.294. The van der Waals surface area contributed by atoms with Crippen LogP contribution in [0.2, 0.25) is 10.0 Å². The van der Waals surface area contributed by atoms with Gasteiger partial charge in [0, 0.05) is 5.56 Å². The summed E-state index contributed by atoms with van der Waals surface area (Å²) < 4.78 is 5.62. The number of anilines is 1. The Labute approximate surface area is 190 Å². The van der Waals surface area contributed by atoms with E-state index in [4.69, 9.17) is 39.8 Å². The SMILES string of the molecule is CCC(C)c1ccc(O)c(NC(=S)NC(=O)c2ccc(-c3cccc(Cl)c3Cl)o2)c1. The fourth-order valence-corrected chi connectivity index (χ4v) is 3.41. The van der Waals surface area contributed by atoms with E-state index in [1.165, 1.54) is 6.07 Å².